The van der Waals surface area contributed by atoms with Crippen LogP contribution in [0.25, 0.3) is 0 Å². The van der Waals surface area contributed by atoms with Crippen LogP contribution in [0.15, 0.2) is 58.1 Å². The number of nitrogens with one attached hydrogen (secondary N) is 2. The van der Waals surface area contributed by atoms with E-state index in [1.807, 2.05) is 37.3 Å². The molecule has 0 atom stereocenters. The third kappa shape index (κ3) is 2.53. The van der Waals surface area contributed by atoms with Gasteiger partial charge in [-0.3, -0.25) is 4.79 Å². The Bertz CT molecular complexity index is 910. The van der Waals surface area contributed by atoms with Crippen LogP contribution in [0.1, 0.15) is 21.0 Å². The lowest BCUT2D eigenvalue weighted by Gasteiger charge is -2.06. The Morgan fingerprint density at radius 1 is 1.26 bits per heavy atom. The smallest absolute Gasteiger partial charge is 0.292 e. The van der Waals surface area contributed by atoms with Crippen LogP contribution in [0.4, 0.5) is 16.4 Å². The van der Waals surface area contributed by atoms with Crippen LogP contribution in [0.3, 0.4) is 0 Å². The number of carbonyl (C=O) groups excluding carboxylic acids is 1. The average Bonchev–Trinajstić information content (AvgIpc) is 3.16. The van der Waals surface area contributed by atoms with E-state index in [2.05, 4.69) is 15.6 Å². The Balaban J connectivity index is 1.79. The summed E-state index contributed by atoms with van der Waals surface area (Å²) in [7, 11) is 0. The zero-order valence-electron chi connectivity index (χ0n) is 12.3. The van der Waals surface area contributed by atoms with E-state index in [1.165, 1.54) is 6.26 Å². The molecule has 1 aromatic carbocycles. The number of amides is 1. The van der Waals surface area contributed by atoms with E-state index in [0.717, 1.165) is 26.8 Å². The van der Waals surface area contributed by atoms with Gasteiger partial charge in [-0.1, -0.05) is 12.1 Å². The molecule has 0 fully saturated rings. The Labute approximate surface area is 136 Å². The lowest BCUT2D eigenvalue weighted by Crippen LogP contribution is -2.30. The summed E-state index contributed by atoms with van der Waals surface area (Å²) in [5.41, 5.74) is 2.57. The number of para-hydroxylation sites is 2. The highest BCUT2D eigenvalue weighted by Crippen LogP contribution is 2.37. The third-order valence-electron chi connectivity index (χ3n) is 3.47. The van der Waals surface area contributed by atoms with Crippen LogP contribution in [0.5, 0.6) is 0 Å². The second-order valence-electron chi connectivity index (χ2n) is 5.13. The molecule has 1 amide bonds. The molecule has 0 saturated heterocycles. The van der Waals surface area contributed by atoms with Crippen LogP contribution in [0, 0.1) is 6.92 Å². The minimum absolute atomic E-state index is 0.256. The number of benzene rings is 1. The van der Waals surface area contributed by atoms with Crippen LogP contribution in [0.2, 0.25) is 0 Å². The molecule has 0 unspecified atom stereocenters. The van der Waals surface area contributed by atoms with E-state index >= 15 is 0 Å². The van der Waals surface area contributed by atoms with E-state index in [4.69, 9.17) is 4.42 Å². The molecule has 2 aromatic heterocycles. The average molecular weight is 323 g/mol. The molecule has 0 radical (unpaired) electrons. The van der Waals surface area contributed by atoms with E-state index < -0.39 is 0 Å². The minimum atomic E-state index is -0.317. The minimum Gasteiger partial charge on any atom is -0.459 e. The normalized spacial score (nSPS) is 12.5. The summed E-state index contributed by atoms with van der Waals surface area (Å²) < 4.78 is 5.15. The molecule has 114 valence electrons. The van der Waals surface area contributed by atoms with Crippen LogP contribution in [-0.4, -0.2) is 11.7 Å². The molecule has 4 rings (SSSR count). The van der Waals surface area contributed by atoms with Crippen molar-refractivity contribution in [2.75, 3.05) is 5.32 Å². The van der Waals surface area contributed by atoms with Crippen molar-refractivity contribution in [1.29, 1.82) is 0 Å². The van der Waals surface area contributed by atoms with E-state index in [-0.39, 0.29) is 11.7 Å². The number of furan rings is 1. The first-order valence-electron chi connectivity index (χ1n) is 7.11. The van der Waals surface area contributed by atoms with Crippen molar-refractivity contribution in [2.45, 2.75) is 6.92 Å². The first kappa shape index (κ1) is 13.8. The molecule has 3 aromatic rings. The predicted octanol–water partition coefficient (Wildman–Crippen LogP) is 4.21. The fraction of sp³-hybridized carbons (Fsp3) is 0.0588. The Morgan fingerprint density at radius 3 is 2.96 bits per heavy atom. The number of rotatable bonds is 1. The third-order valence-corrected chi connectivity index (χ3v) is 4.44. The highest BCUT2D eigenvalue weighted by Gasteiger charge is 2.21. The summed E-state index contributed by atoms with van der Waals surface area (Å²) >= 11 is 1.63. The number of thiophene rings is 1. The zero-order chi connectivity index (χ0) is 15.8. The summed E-state index contributed by atoms with van der Waals surface area (Å²) in [6.45, 7) is 2.03. The lowest BCUT2D eigenvalue weighted by molar-refractivity contribution is 0.0950. The molecule has 3 heterocycles. The Hall–Kier alpha value is -2.86. The molecule has 2 N–H and O–H groups in total. The van der Waals surface area contributed by atoms with Gasteiger partial charge in [0.15, 0.2) is 5.76 Å². The quantitative estimate of drug-likeness (QED) is 0.705. The SMILES string of the molecule is Cc1cc2c(s1)Nc1ccccc1N=C2NC(=O)c1ccco1. The zero-order valence-corrected chi connectivity index (χ0v) is 13.1. The molecule has 0 spiro atoms. The number of fused-ring (bicyclic) bond motifs is 2. The van der Waals surface area contributed by atoms with Crippen molar-refractivity contribution >= 4 is 39.5 Å². The predicted molar refractivity (Wildman–Crippen MR) is 91.2 cm³/mol. The van der Waals surface area contributed by atoms with Crippen LogP contribution < -0.4 is 10.6 Å². The largest absolute Gasteiger partial charge is 0.459 e. The van der Waals surface area contributed by atoms with Crippen molar-refractivity contribution in [3.63, 3.8) is 0 Å². The number of aryl methyl sites for hydroxylation is 1. The standard InChI is InChI=1S/C17H13N3O2S/c1-10-9-11-15(20-16(21)14-7-4-8-22-14)18-12-5-2-3-6-13(12)19-17(11)23-10/h2-9,19H,1H3,(H,18,20,21). The maximum absolute atomic E-state index is 12.3. The molecule has 0 bridgehead atoms. The van der Waals surface area contributed by atoms with Crippen LogP contribution >= 0.6 is 11.3 Å². The van der Waals surface area contributed by atoms with Gasteiger partial charge in [-0.25, -0.2) is 4.99 Å². The topological polar surface area (TPSA) is 66.6 Å². The van der Waals surface area contributed by atoms with E-state index in [0.29, 0.717) is 5.84 Å². The summed E-state index contributed by atoms with van der Waals surface area (Å²) in [6, 6.07) is 13.1. The number of hydrogen-bond acceptors (Lipinski definition) is 5. The molecule has 0 saturated carbocycles. The highest BCUT2D eigenvalue weighted by atomic mass is 32.1. The fourth-order valence-electron chi connectivity index (χ4n) is 2.43. The van der Waals surface area contributed by atoms with E-state index in [9.17, 15) is 4.79 Å². The van der Waals surface area contributed by atoms with Crippen molar-refractivity contribution < 1.29 is 9.21 Å². The second kappa shape index (κ2) is 5.40. The second-order valence-corrected chi connectivity index (χ2v) is 6.39. The van der Waals surface area contributed by atoms with Gasteiger partial charge in [0.05, 0.1) is 23.2 Å². The number of amidine groups is 1. The number of anilines is 2. The van der Waals surface area contributed by atoms with Gasteiger partial charge in [0.2, 0.25) is 0 Å². The molecule has 5 nitrogen and oxygen atoms in total. The Morgan fingerprint density at radius 2 is 2.13 bits per heavy atom. The van der Waals surface area contributed by atoms with Gasteiger partial charge in [0.1, 0.15) is 10.8 Å². The van der Waals surface area contributed by atoms with Crippen molar-refractivity contribution in [2.24, 2.45) is 4.99 Å². The van der Waals surface area contributed by atoms with Gasteiger partial charge < -0.3 is 15.1 Å². The first-order chi connectivity index (χ1) is 11.2. The summed E-state index contributed by atoms with van der Waals surface area (Å²) in [5, 5.41) is 7.21. The van der Waals surface area contributed by atoms with Crippen molar-refractivity contribution in [3.05, 3.63) is 64.9 Å². The molecule has 6 heteroatoms. The number of carbonyl (C=O) groups is 1. The molecule has 0 aliphatic carbocycles. The van der Waals surface area contributed by atoms with Crippen molar-refractivity contribution in [3.8, 4) is 0 Å². The summed E-state index contributed by atoms with van der Waals surface area (Å²) in [4.78, 5) is 18.1. The van der Waals surface area contributed by atoms with E-state index in [1.54, 1.807) is 23.5 Å². The summed E-state index contributed by atoms with van der Waals surface area (Å²) in [6.07, 6.45) is 1.47. The van der Waals surface area contributed by atoms with Crippen LogP contribution in [-0.2, 0) is 0 Å². The monoisotopic (exact) mass is 323 g/mol. The molecule has 23 heavy (non-hydrogen) atoms. The van der Waals surface area contributed by atoms with Gasteiger partial charge in [-0.2, -0.15) is 0 Å². The number of hydrogen-bond donors (Lipinski definition) is 2. The molecular formula is C17H13N3O2S. The number of nitrogens with zero attached hydrogens (tertiary/aromatic N) is 1. The molecular weight excluding hydrogens is 310 g/mol. The number of aliphatic imine (C=N–C) groups is 1. The van der Waals surface area contributed by atoms with Gasteiger partial charge >= 0.3 is 0 Å². The Kier molecular flexibility index (Phi) is 3.24. The van der Waals surface area contributed by atoms with Gasteiger partial charge in [0, 0.05) is 4.88 Å². The van der Waals surface area contributed by atoms with Gasteiger partial charge in [-0.15, -0.1) is 11.3 Å². The first-order valence-corrected chi connectivity index (χ1v) is 7.93. The highest BCUT2D eigenvalue weighted by molar-refractivity contribution is 7.16. The van der Waals surface area contributed by atoms with Crippen molar-refractivity contribution in [1.82, 2.24) is 5.32 Å². The molecule has 1 aliphatic heterocycles. The van der Waals surface area contributed by atoms with Gasteiger partial charge in [0.25, 0.3) is 5.91 Å². The maximum atomic E-state index is 12.3. The molecule has 1 aliphatic rings. The van der Waals surface area contributed by atoms with Gasteiger partial charge in [-0.05, 0) is 37.3 Å². The lowest BCUT2D eigenvalue weighted by atomic mass is 10.2. The maximum Gasteiger partial charge on any atom is 0.292 e. The summed E-state index contributed by atoms with van der Waals surface area (Å²) in [5.74, 6) is 0.456. The fourth-order valence-corrected chi connectivity index (χ4v) is 3.36.